The van der Waals surface area contributed by atoms with E-state index >= 15 is 0 Å². The highest BCUT2D eigenvalue weighted by Crippen LogP contribution is 2.26. The third kappa shape index (κ3) is 2.69. The van der Waals surface area contributed by atoms with Crippen LogP contribution in [-0.2, 0) is 4.79 Å². The Kier molecular flexibility index (Phi) is 3.62. The number of benzene rings is 1. The predicted molar refractivity (Wildman–Crippen MR) is 76.4 cm³/mol. The molecule has 1 aromatic rings. The molecule has 102 valence electrons. The maximum atomic E-state index is 11.3. The summed E-state index contributed by atoms with van der Waals surface area (Å²) in [6, 6.07) is 7.97. The summed E-state index contributed by atoms with van der Waals surface area (Å²) in [4.78, 5) is 15.9. The van der Waals surface area contributed by atoms with Gasteiger partial charge in [0.25, 0.3) is 0 Å². The Balaban J connectivity index is 1.60. The average molecular weight is 280 g/mol. The zero-order chi connectivity index (χ0) is 13.2. The van der Waals surface area contributed by atoms with Crippen LogP contribution in [0.15, 0.2) is 24.3 Å². The fourth-order valence-electron chi connectivity index (χ4n) is 2.85. The Bertz CT molecular complexity index is 472. The SMILES string of the molecule is O=C1CCC(N2CCN(c3ccccc3Cl)CC2)N1. The second kappa shape index (κ2) is 5.39. The van der Waals surface area contributed by atoms with E-state index in [9.17, 15) is 4.79 Å². The van der Waals surface area contributed by atoms with E-state index in [0.29, 0.717) is 6.42 Å². The van der Waals surface area contributed by atoms with Crippen LogP contribution in [0, 0.1) is 0 Å². The maximum absolute atomic E-state index is 11.3. The van der Waals surface area contributed by atoms with Crippen LogP contribution >= 0.6 is 11.6 Å². The number of rotatable bonds is 2. The van der Waals surface area contributed by atoms with Crippen LogP contribution in [0.2, 0.25) is 5.02 Å². The molecule has 0 aromatic heterocycles. The lowest BCUT2D eigenvalue weighted by atomic mass is 10.2. The van der Waals surface area contributed by atoms with Crippen LogP contribution < -0.4 is 10.2 Å². The lowest BCUT2D eigenvalue weighted by molar-refractivity contribution is -0.119. The lowest BCUT2D eigenvalue weighted by Gasteiger charge is -2.39. The Hall–Kier alpha value is -1.26. The summed E-state index contributed by atoms with van der Waals surface area (Å²) < 4.78 is 0. The molecule has 0 saturated carbocycles. The van der Waals surface area contributed by atoms with Gasteiger partial charge in [-0.1, -0.05) is 23.7 Å². The quantitative estimate of drug-likeness (QED) is 0.895. The molecule has 2 aliphatic rings. The Morgan fingerprint density at radius 2 is 1.89 bits per heavy atom. The minimum absolute atomic E-state index is 0.179. The third-order valence-corrected chi connectivity index (χ3v) is 4.24. The van der Waals surface area contributed by atoms with E-state index < -0.39 is 0 Å². The molecule has 5 heteroatoms. The first-order chi connectivity index (χ1) is 9.24. The molecule has 2 fully saturated rings. The fraction of sp³-hybridized carbons (Fsp3) is 0.500. The summed E-state index contributed by atoms with van der Waals surface area (Å²) in [6.07, 6.45) is 1.83. The van der Waals surface area contributed by atoms with E-state index in [1.54, 1.807) is 0 Å². The Labute approximate surface area is 118 Å². The standard InChI is InChI=1S/C14H18ClN3O/c15-11-3-1-2-4-12(11)17-7-9-18(10-8-17)13-5-6-14(19)16-13/h1-4,13H,5-10H2,(H,16,19). The highest BCUT2D eigenvalue weighted by atomic mass is 35.5. The normalized spacial score (nSPS) is 24.6. The molecule has 1 amide bonds. The first-order valence-electron chi connectivity index (χ1n) is 6.77. The molecule has 1 aromatic carbocycles. The molecule has 1 atom stereocenters. The molecule has 2 heterocycles. The van der Waals surface area contributed by atoms with Crippen molar-refractivity contribution in [2.24, 2.45) is 0 Å². The molecule has 2 aliphatic heterocycles. The van der Waals surface area contributed by atoms with E-state index in [1.807, 2.05) is 18.2 Å². The van der Waals surface area contributed by atoms with Crippen molar-refractivity contribution in [2.75, 3.05) is 31.1 Å². The molecule has 0 spiro atoms. The number of hydrogen-bond donors (Lipinski definition) is 1. The van der Waals surface area contributed by atoms with E-state index in [0.717, 1.165) is 43.3 Å². The van der Waals surface area contributed by atoms with E-state index in [4.69, 9.17) is 11.6 Å². The highest BCUT2D eigenvalue weighted by molar-refractivity contribution is 6.33. The van der Waals surface area contributed by atoms with Gasteiger partial charge in [-0.15, -0.1) is 0 Å². The first kappa shape index (κ1) is 12.8. The number of nitrogens with one attached hydrogen (secondary N) is 1. The van der Waals surface area contributed by atoms with Gasteiger partial charge in [0.2, 0.25) is 5.91 Å². The number of piperazine rings is 1. The summed E-state index contributed by atoms with van der Waals surface area (Å²) in [7, 11) is 0. The van der Waals surface area contributed by atoms with Crippen molar-refractivity contribution in [3.63, 3.8) is 0 Å². The summed E-state index contributed by atoms with van der Waals surface area (Å²) in [5.74, 6) is 0.179. The zero-order valence-electron chi connectivity index (χ0n) is 10.8. The predicted octanol–water partition coefficient (Wildman–Crippen LogP) is 1.70. The topological polar surface area (TPSA) is 35.6 Å². The van der Waals surface area contributed by atoms with Gasteiger partial charge >= 0.3 is 0 Å². The van der Waals surface area contributed by atoms with Crippen molar-refractivity contribution in [3.8, 4) is 0 Å². The number of carbonyl (C=O) groups excluding carboxylic acids is 1. The van der Waals surface area contributed by atoms with Gasteiger partial charge < -0.3 is 10.2 Å². The van der Waals surface area contributed by atoms with Crippen molar-refractivity contribution < 1.29 is 4.79 Å². The van der Waals surface area contributed by atoms with E-state index in [-0.39, 0.29) is 12.1 Å². The van der Waals surface area contributed by atoms with Crippen LogP contribution in [0.3, 0.4) is 0 Å². The maximum Gasteiger partial charge on any atom is 0.221 e. The number of para-hydroxylation sites is 1. The second-order valence-corrected chi connectivity index (χ2v) is 5.50. The van der Waals surface area contributed by atoms with Gasteiger partial charge in [-0.3, -0.25) is 9.69 Å². The van der Waals surface area contributed by atoms with Crippen LogP contribution in [0.4, 0.5) is 5.69 Å². The summed E-state index contributed by atoms with van der Waals surface area (Å²) in [6.45, 7) is 3.85. The summed E-state index contributed by atoms with van der Waals surface area (Å²) in [5.41, 5.74) is 1.11. The van der Waals surface area contributed by atoms with Crippen LogP contribution in [0.5, 0.6) is 0 Å². The molecular formula is C14H18ClN3O. The van der Waals surface area contributed by atoms with Gasteiger partial charge in [-0.25, -0.2) is 0 Å². The van der Waals surface area contributed by atoms with Crippen molar-refractivity contribution in [1.82, 2.24) is 10.2 Å². The zero-order valence-corrected chi connectivity index (χ0v) is 11.6. The number of amides is 1. The molecule has 19 heavy (non-hydrogen) atoms. The van der Waals surface area contributed by atoms with Gasteiger partial charge in [0, 0.05) is 32.6 Å². The lowest BCUT2D eigenvalue weighted by Crippen LogP contribution is -2.53. The Morgan fingerprint density at radius 1 is 1.16 bits per heavy atom. The van der Waals surface area contributed by atoms with Gasteiger partial charge in [-0.2, -0.15) is 0 Å². The van der Waals surface area contributed by atoms with Crippen molar-refractivity contribution in [2.45, 2.75) is 19.0 Å². The number of halogens is 1. The second-order valence-electron chi connectivity index (χ2n) is 5.10. The number of hydrogen-bond acceptors (Lipinski definition) is 3. The first-order valence-corrected chi connectivity index (χ1v) is 7.15. The van der Waals surface area contributed by atoms with E-state index in [2.05, 4.69) is 21.2 Å². The molecular weight excluding hydrogens is 262 g/mol. The van der Waals surface area contributed by atoms with Gasteiger partial charge in [0.05, 0.1) is 16.9 Å². The van der Waals surface area contributed by atoms with Gasteiger partial charge in [0.1, 0.15) is 0 Å². The average Bonchev–Trinajstić information content (AvgIpc) is 2.86. The van der Waals surface area contributed by atoms with E-state index in [1.165, 1.54) is 0 Å². The smallest absolute Gasteiger partial charge is 0.221 e. The van der Waals surface area contributed by atoms with Crippen LogP contribution in [0.1, 0.15) is 12.8 Å². The summed E-state index contributed by atoms with van der Waals surface area (Å²) >= 11 is 6.23. The largest absolute Gasteiger partial charge is 0.368 e. The molecule has 0 radical (unpaired) electrons. The third-order valence-electron chi connectivity index (χ3n) is 3.92. The molecule has 3 rings (SSSR count). The van der Waals surface area contributed by atoms with Crippen LogP contribution in [0.25, 0.3) is 0 Å². The molecule has 4 nitrogen and oxygen atoms in total. The number of nitrogens with zero attached hydrogens (tertiary/aromatic N) is 2. The minimum Gasteiger partial charge on any atom is -0.368 e. The number of carbonyl (C=O) groups is 1. The highest BCUT2D eigenvalue weighted by Gasteiger charge is 2.29. The monoisotopic (exact) mass is 279 g/mol. The Morgan fingerprint density at radius 3 is 2.53 bits per heavy atom. The molecule has 1 N–H and O–H groups in total. The molecule has 0 aliphatic carbocycles. The van der Waals surface area contributed by atoms with Gasteiger partial charge in [0.15, 0.2) is 0 Å². The number of anilines is 1. The fourth-order valence-corrected chi connectivity index (χ4v) is 3.11. The van der Waals surface area contributed by atoms with Gasteiger partial charge in [-0.05, 0) is 18.6 Å². The molecule has 0 bridgehead atoms. The minimum atomic E-state index is 0.179. The summed E-state index contributed by atoms with van der Waals surface area (Å²) in [5, 5.41) is 3.84. The van der Waals surface area contributed by atoms with Crippen molar-refractivity contribution in [3.05, 3.63) is 29.3 Å². The molecule has 1 unspecified atom stereocenters. The molecule has 2 saturated heterocycles. The van der Waals surface area contributed by atoms with Crippen molar-refractivity contribution in [1.29, 1.82) is 0 Å². The van der Waals surface area contributed by atoms with Crippen LogP contribution in [-0.4, -0.2) is 43.2 Å². The van der Waals surface area contributed by atoms with Crippen molar-refractivity contribution >= 4 is 23.2 Å².